The second kappa shape index (κ2) is 8.75. The molecule has 2 aliphatic rings. The molecule has 1 aliphatic heterocycles. The van der Waals surface area contributed by atoms with Crippen molar-refractivity contribution in [3.8, 4) is 0 Å². The second-order valence-electron chi connectivity index (χ2n) is 7.33. The number of nitrogens with zero attached hydrogens (tertiary/aromatic N) is 5. The van der Waals surface area contributed by atoms with Crippen LogP contribution in [-0.2, 0) is 17.8 Å². The highest BCUT2D eigenvalue weighted by Crippen LogP contribution is 2.23. The van der Waals surface area contributed by atoms with Gasteiger partial charge in [0.15, 0.2) is 0 Å². The van der Waals surface area contributed by atoms with Gasteiger partial charge in [-0.2, -0.15) is 0 Å². The van der Waals surface area contributed by atoms with Crippen molar-refractivity contribution in [3.05, 3.63) is 35.1 Å². The molecule has 0 radical (unpaired) electrons. The van der Waals surface area contributed by atoms with Crippen molar-refractivity contribution in [2.45, 2.75) is 44.7 Å². The van der Waals surface area contributed by atoms with E-state index in [1.807, 2.05) is 18.5 Å². The van der Waals surface area contributed by atoms with Crippen LogP contribution < -0.4 is 10.2 Å². The largest absolute Gasteiger partial charge is 0.353 e. The molecule has 3 heterocycles. The van der Waals surface area contributed by atoms with Gasteiger partial charge in [0.1, 0.15) is 5.01 Å². The maximum atomic E-state index is 12.2. The highest BCUT2D eigenvalue weighted by atomic mass is 32.1. The number of hydrogen-bond acceptors (Lipinski definition) is 7. The molecule has 144 valence electrons. The molecule has 0 atom stereocenters. The average Bonchev–Trinajstić information content (AvgIpc) is 3.35. The number of amides is 1. The van der Waals surface area contributed by atoms with Gasteiger partial charge in [-0.1, -0.05) is 30.2 Å². The van der Waals surface area contributed by atoms with Crippen LogP contribution >= 0.6 is 11.3 Å². The van der Waals surface area contributed by atoms with Crippen LogP contribution in [0.4, 0.5) is 5.13 Å². The summed E-state index contributed by atoms with van der Waals surface area (Å²) in [4.78, 5) is 21.1. The van der Waals surface area contributed by atoms with Crippen LogP contribution in [0, 0.1) is 0 Å². The maximum absolute atomic E-state index is 12.2. The minimum Gasteiger partial charge on any atom is -0.353 e. The Morgan fingerprint density at radius 1 is 1.19 bits per heavy atom. The molecule has 0 bridgehead atoms. The Bertz CT molecular complexity index is 738. The molecule has 0 aromatic carbocycles. The Morgan fingerprint density at radius 3 is 2.74 bits per heavy atom. The number of rotatable bonds is 6. The molecule has 2 aromatic heterocycles. The summed E-state index contributed by atoms with van der Waals surface area (Å²) in [6, 6.07) is 4.46. The topological polar surface area (TPSA) is 74.2 Å². The van der Waals surface area contributed by atoms with Gasteiger partial charge in [-0.3, -0.25) is 14.7 Å². The van der Waals surface area contributed by atoms with Crippen molar-refractivity contribution < 1.29 is 4.79 Å². The summed E-state index contributed by atoms with van der Waals surface area (Å²) in [5.74, 6) is 0.0749. The average molecular weight is 387 g/mol. The van der Waals surface area contributed by atoms with Gasteiger partial charge in [0.25, 0.3) is 0 Å². The molecular formula is C19H26N6OS. The summed E-state index contributed by atoms with van der Waals surface area (Å²) in [7, 11) is 0. The SMILES string of the molecule is O=C(Cc1nnc(N2CCN(Cc3cccnc3)CC2)s1)NC1CCCC1. The lowest BCUT2D eigenvalue weighted by atomic mass is 10.2. The third kappa shape index (κ3) is 5.01. The number of piperazine rings is 1. The number of aromatic nitrogens is 3. The van der Waals surface area contributed by atoms with Crippen molar-refractivity contribution in [2.24, 2.45) is 0 Å². The Balaban J connectivity index is 1.25. The third-order valence-electron chi connectivity index (χ3n) is 5.26. The van der Waals surface area contributed by atoms with Crippen LogP contribution in [0.1, 0.15) is 36.3 Å². The van der Waals surface area contributed by atoms with E-state index in [2.05, 4.69) is 36.4 Å². The van der Waals surface area contributed by atoms with E-state index in [0.29, 0.717) is 12.5 Å². The zero-order chi connectivity index (χ0) is 18.5. The molecule has 2 aromatic rings. The monoisotopic (exact) mass is 386 g/mol. The van der Waals surface area contributed by atoms with Crippen molar-refractivity contribution in [1.29, 1.82) is 0 Å². The molecule has 8 heteroatoms. The van der Waals surface area contributed by atoms with E-state index in [1.165, 1.54) is 18.4 Å². The van der Waals surface area contributed by atoms with E-state index in [9.17, 15) is 4.79 Å². The molecule has 1 saturated carbocycles. The summed E-state index contributed by atoms with van der Waals surface area (Å²) in [5, 5.41) is 13.4. The lowest BCUT2D eigenvalue weighted by molar-refractivity contribution is -0.121. The van der Waals surface area contributed by atoms with Crippen molar-refractivity contribution in [2.75, 3.05) is 31.1 Å². The van der Waals surface area contributed by atoms with Crippen molar-refractivity contribution >= 4 is 22.4 Å². The van der Waals surface area contributed by atoms with Gasteiger partial charge >= 0.3 is 0 Å². The Kier molecular flexibility index (Phi) is 5.94. The first kappa shape index (κ1) is 18.3. The van der Waals surface area contributed by atoms with Crippen LogP contribution in [0.5, 0.6) is 0 Å². The third-order valence-corrected chi connectivity index (χ3v) is 6.24. The Hall–Kier alpha value is -2.06. The first-order chi connectivity index (χ1) is 13.3. The minimum absolute atomic E-state index is 0.0749. The lowest BCUT2D eigenvalue weighted by Gasteiger charge is -2.34. The second-order valence-corrected chi connectivity index (χ2v) is 8.37. The van der Waals surface area contributed by atoms with Gasteiger partial charge in [0.2, 0.25) is 11.0 Å². The first-order valence-corrected chi connectivity index (χ1v) is 10.6. The number of carbonyl (C=O) groups excluding carboxylic acids is 1. The normalized spacial score (nSPS) is 18.7. The van der Waals surface area contributed by atoms with Crippen molar-refractivity contribution in [3.63, 3.8) is 0 Å². The molecule has 0 spiro atoms. The van der Waals surface area contributed by atoms with Crippen LogP contribution in [0.15, 0.2) is 24.5 Å². The Labute approximate surface area is 163 Å². The van der Waals surface area contributed by atoms with E-state index >= 15 is 0 Å². The number of nitrogens with one attached hydrogen (secondary N) is 1. The van der Waals surface area contributed by atoms with Gasteiger partial charge in [-0.15, -0.1) is 10.2 Å². The number of carbonyl (C=O) groups is 1. The van der Waals surface area contributed by atoms with Gasteiger partial charge in [-0.25, -0.2) is 0 Å². The fourth-order valence-corrected chi connectivity index (χ4v) is 4.67. The molecule has 1 amide bonds. The van der Waals surface area contributed by atoms with E-state index < -0.39 is 0 Å². The van der Waals surface area contributed by atoms with Gasteiger partial charge in [-0.05, 0) is 24.5 Å². The van der Waals surface area contributed by atoms with Crippen LogP contribution in [0.3, 0.4) is 0 Å². The van der Waals surface area contributed by atoms with Gasteiger partial charge < -0.3 is 10.2 Å². The predicted molar refractivity (Wildman–Crippen MR) is 106 cm³/mol. The van der Waals surface area contributed by atoms with Crippen LogP contribution in [0.2, 0.25) is 0 Å². The van der Waals surface area contributed by atoms with Crippen molar-refractivity contribution in [1.82, 2.24) is 25.4 Å². The summed E-state index contributed by atoms with van der Waals surface area (Å²) in [6.07, 6.45) is 8.74. The standard InChI is InChI=1S/C19H26N6OS/c26-17(21-16-5-1-2-6-16)12-18-22-23-19(27-18)25-10-8-24(9-11-25)14-15-4-3-7-20-13-15/h3-4,7,13,16H,1-2,5-6,8-12,14H2,(H,21,26). The molecule has 27 heavy (non-hydrogen) atoms. The molecule has 1 aliphatic carbocycles. The molecule has 4 rings (SSSR count). The first-order valence-electron chi connectivity index (χ1n) is 9.74. The fraction of sp³-hybridized carbons (Fsp3) is 0.579. The lowest BCUT2D eigenvalue weighted by Crippen LogP contribution is -2.45. The van der Waals surface area contributed by atoms with Crippen LogP contribution in [-0.4, -0.2) is 58.2 Å². The quantitative estimate of drug-likeness (QED) is 0.817. The molecule has 2 fully saturated rings. The molecule has 7 nitrogen and oxygen atoms in total. The molecule has 1 saturated heterocycles. The summed E-state index contributed by atoms with van der Waals surface area (Å²) in [6.45, 7) is 4.79. The van der Waals surface area contributed by atoms with Crippen LogP contribution in [0.25, 0.3) is 0 Å². The highest BCUT2D eigenvalue weighted by Gasteiger charge is 2.22. The zero-order valence-electron chi connectivity index (χ0n) is 15.5. The summed E-state index contributed by atoms with van der Waals surface area (Å²) in [5.41, 5.74) is 1.25. The molecule has 1 N–H and O–H groups in total. The molecular weight excluding hydrogens is 360 g/mol. The molecule has 0 unspecified atom stereocenters. The minimum atomic E-state index is 0.0749. The van der Waals surface area contributed by atoms with Gasteiger partial charge in [0.05, 0.1) is 6.42 Å². The van der Waals surface area contributed by atoms with Gasteiger partial charge in [0, 0.05) is 51.2 Å². The summed E-state index contributed by atoms with van der Waals surface area (Å²) < 4.78 is 0. The zero-order valence-corrected chi connectivity index (χ0v) is 16.3. The fourth-order valence-electron chi connectivity index (χ4n) is 3.78. The number of pyridine rings is 1. The predicted octanol–water partition coefficient (Wildman–Crippen LogP) is 1.86. The van der Waals surface area contributed by atoms with E-state index in [1.54, 1.807) is 11.3 Å². The van der Waals surface area contributed by atoms with E-state index in [0.717, 1.165) is 55.7 Å². The highest BCUT2D eigenvalue weighted by molar-refractivity contribution is 7.15. The summed E-state index contributed by atoms with van der Waals surface area (Å²) >= 11 is 1.55. The Morgan fingerprint density at radius 2 is 2.00 bits per heavy atom. The number of hydrogen-bond donors (Lipinski definition) is 1. The van der Waals surface area contributed by atoms with E-state index in [4.69, 9.17) is 0 Å². The smallest absolute Gasteiger partial charge is 0.227 e. The van der Waals surface area contributed by atoms with E-state index in [-0.39, 0.29) is 5.91 Å². The number of anilines is 1. The maximum Gasteiger partial charge on any atom is 0.227 e.